The van der Waals surface area contributed by atoms with E-state index in [1.807, 2.05) is 12.1 Å². The Hall–Kier alpha value is -2.28. The summed E-state index contributed by atoms with van der Waals surface area (Å²) < 4.78 is 16.3. The third kappa shape index (κ3) is 5.16. The first-order valence-electron chi connectivity index (χ1n) is 9.96. The number of rotatable bonds is 8. The van der Waals surface area contributed by atoms with Crippen LogP contribution in [0.3, 0.4) is 0 Å². The number of ether oxygens (including phenoxy) is 3. The van der Waals surface area contributed by atoms with Crippen molar-refractivity contribution < 1.29 is 19.3 Å². The number of hydrogen-bond donors (Lipinski definition) is 2. The molecule has 0 radical (unpaired) electrons. The zero-order valence-corrected chi connectivity index (χ0v) is 16.0. The van der Waals surface area contributed by atoms with Crippen LogP contribution in [-0.2, 0) is 6.54 Å². The van der Waals surface area contributed by atoms with Crippen molar-refractivity contribution in [3.8, 4) is 17.2 Å². The summed E-state index contributed by atoms with van der Waals surface area (Å²) in [5, 5.41) is 13.7. The summed E-state index contributed by atoms with van der Waals surface area (Å²) in [4.78, 5) is 2.49. The summed E-state index contributed by atoms with van der Waals surface area (Å²) >= 11 is 0. The van der Waals surface area contributed by atoms with Gasteiger partial charge in [-0.2, -0.15) is 0 Å². The molecule has 0 unspecified atom stereocenters. The zero-order chi connectivity index (χ0) is 19.2. The second-order valence-corrected chi connectivity index (χ2v) is 7.42. The zero-order valence-electron chi connectivity index (χ0n) is 16.0. The summed E-state index contributed by atoms with van der Waals surface area (Å²) in [6.07, 6.45) is 1.65. The van der Waals surface area contributed by atoms with Gasteiger partial charge in [-0.25, -0.2) is 0 Å². The van der Waals surface area contributed by atoms with Crippen molar-refractivity contribution in [2.24, 2.45) is 0 Å². The molecule has 0 spiro atoms. The number of benzene rings is 2. The van der Waals surface area contributed by atoms with Gasteiger partial charge in [-0.05, 0) is 43.6 Å². The van der Waals surface area contributed by atoms with Crippen molar-refractivity contribution in [3.63, 3.8) is 0 Å². The van der Waals surface area contributed by atoms with E-state index in [9.17, 15) is 5.11 Å². The second-order valence-electron chi connectivity index (χ2n) is 7.42. The van der Waals surface area contributed by atoms with Gasteiger partial charge < -0.3 is 24.6 Å². The maximum absolute atomic E-state index is 10.2. The van der Waals surface area contributed by atoms with E-state index in [4.69, 9.17) is 14.2 Å². The van der Waals surface area contributed by atoms with Gasteiger partial charge in [0.25, 0.3) is 0 Å². The summed E-state index contributed by atoms with van der Waals surface area (Å²) in [6, 6.07) is 16.5. The second kappa shape index (κ2) is 9.28. The third-order valence-corrected chi connectivity index (χ3v) is 5.27. The van der Waals surface area contributed by atoms with Crippen LogP contribution < -0.4 is 19.5 Å². The van der Waals surface area contributed by atoms with Crippen LogP contribution in [0, 0.1) is 0 Å². The lowest BCUT2D eigenvalue weighted by atomic mass is 10.0. The molecule has 28 heavy (non-hydrogen) atoms. The van der Waals surface area contributed by atoms with Crippen molar-refractivity contribution in [2.75, 3.05) is 33.0 Å². The first-order valence-corrected chi connectivity index (χ1v) is 9.96. The summed E-state index contributed by atoms with van der Waals surface area (Å²) in [7, 11) is 0. The highest BCUT2D eigenvalue weighted by Gasteiger charge is 2.20. The molecule has 1 atom stereocenters. The molecule has 2 heterocycles. The minimum atomic E-state index is -0.548. The van der Waals surface area contributed by atoms with E-state index in [2.05, 4.69) is 40.5 Å². The number of aliphatic hydroxyl groups is 1. The Morgan fingerprint density at radius 3 is 2.68 bits per heavy atom. The normalized spacial score (nSPS) is 18.2. The van der Waals surface area contributed by atoms with E-state index >= 15 is 0 Å². The molecule has 0 aromatic heterocycles. The van der Waals surface area contributed by atoms with Crippen molar-refractivity contribution >= 4 is 0 Å². The van der Waals surface area contributed by atoms with Crippen LogP contribution in [0.25, 0.3) is 0 Å². The fraction of sp³-hybridized carbons (Fsp3) is 0.455. The lowest BCUT2D eigenvalue weighted by Crippen LogP contribution is -2.45. The van der Waals surface area contributed by atoms with Gasteiger partial charge in [0.05, 0.1) is 0 Å². The Balaban J connectivity index is 1.13. The van der Waals surface area contributed by atoms with Crippen LogP contribution in [0.15, 0.2) is 48.5 Å². The molecule has 0 bridgehead atoms. The van der Waals surface area contributed by atoms with E-state index < -0.39 is 6.10 Å². The van der Waals surface area contributed by atoms with Crippen molar-refractivity contribution in [1.29, 1.82) is 0 Å². The molecule has 1 fully saturated rings. The molecule has 6 heteroatoms. The highest BCUT2D eigenvalue weighted by molar-refractivity contribution is 5.46. The predicted octanol–water partition coefficient (Wildman–Crippen LogP) is 2.41. The van der Waals surface area contributed by atoms with Crippen molar-refractivity contribution in [2.45, 2.75) is 31.5 Å². The highest BCUT2D eigenvalue weighted by atomic mass is 16.7. The number of piperidine rings is 1. The first-order chi connectivity index (χ1) is 13.8. The number of nitrogens with one attached hydrogen (secondary N) is 1. The molecule has 2 aromatic carbocycles. The fourth-order valence-electron chi connectivity index (χ4n) is 3.66. The highest BCUT2D eigenvalue weighted by Crippen LogP contribution is 2.35. The SMILES string of the molecule is O[C@H](CNC1CCN(Cc2ccccc2)CC1)COc1ccc2c(c1)OCO2. The van der Waals surface area contributed by atoms with Crippen LogP contribution in [-0.4, -0.2) is 55.2 Å². The summed E-state index contributed by atoms with van der Waals surface area (Å²) in [6.45, 7) is 4.20. The number of aliphatic hydroxyl groups excluding tert-OH is 1. The quantitative estimate of drug-likeness (QED) is 0.729. The standard InChI is InChI=1S/C22H28N2O4/c25-19(15-26-20-6-7-21-22(12-20)28-16-27-21)13-23-18-8-10-24(11-9-18)14-17-4-2-1-3-5-17/h1-7,12,18-19,23,25H,8-11,13-16H2/t19-/m1/s1. The van der Waals surface area contributed by atoms with Crippen LogP contribution in [0.4, 0.5) is 0 Å². The largest absolute Gasteiger partial charge is 0.491 e. The Labute approximate surface area is 166 Å². The minimum Gasteiger partial charge on any atom is -0.491 e. The molecule has 2 aliphatic rings. The number of fused-ring (bicyclic) bond motifs is 1. The first kappa shape index (κ1) is 19.1. The average molecular weight is 384 g/mol. The van der Waals surface area contributed by atoms with Crippen LogP contribution in [0.1, 0.15) is 18.4 Å². The molecule has 6 nitrogen and oxygen atoms in total. The molecule has 0 saturated carbocycles. The van der Waals surface area contributed by atoms with Gasteiger partial charge in [0.1, 0.15) is 18.5 Å². The Bertz CT molecular complexity index is 747. The predicted molar refractivity (Wildman–Crippen MR) is 107 cm³/mol. The molecule has 2 aliphatic heterocycles. The lowest BCUT2D eigenvalue weighted by Gasteiger charge is -2.33. The molecule has 1 saturated heterocycles. The van der Waals surface area contributed by atoms with Gasteiger partial charge in [0, 0.05) is 25.2 Å². The van der Waals surface area contributed by atoms with Gasteiger partial charge in [-0.1, -0.05) is 30.3 Å². The van der Waals surface area contributed by atoms with Gasteiger partial charge in [-0.15, -0.1) is 0 Å². The van der Waals surface area contributed by atoms with Crippen LogP contribution in [0.2, 0.25) is 0 Å². The molecule has 4 rings (SSSR count). The molecule has 2 N–H and O–H groups in total. The van der Waals surface area contributed by atoms with E-state index in [1.165, 1.54) is 5.56 Å². The van der Waals surface area contributed by atoms with E-state index in [-0.39, 0.29) is 13.4 Å². The van der Waals surface area contributed by atoms with Crippen LogP contribution >= 0.6 is 0 Å². The van der Waals surface area contributed by atoms with Gasteiger partial charge >= 0.3 is 0 Å². The van der Waals surface area contributed by atoms with E-state index in [0.717, 1.165) is 38.2 Å². The number of nitrogens with zero attached hydrogens (tertiary/aromatic N) is 1. The maximum Gasteiger partial charge on any atom is 0.231 e. The van der Waals surface area contributed by atoms with Crippen molar-refractivity contribution in [1.82, 2.24) is 10.2 Å². The lowest BCUT2D eigenvalue weighted by molar-refractivity contribution is 0.0978. The molecule has 150 valence electrons. The van der Waals surface area contributed by atoms with Gasteiger partial charge in [0.2, 0.25) is 6.79 Å². The maximum atomic E-state index is 10.2. The molecule has 0 amide bonds. The smallest absolute Gasteiger partial charge is 0.231 e. The third-order valence-electron chi connectivity index (χ3n) is 5.27. The van der Waals surface area contributed by atoms with Gasteiger partial charge in [-0.3, -0.25) is 4.90 Å². The topological polar surface area (TPSA) is 63.2 Å². The number of hydrogen-bond acceptors (Lipinski definition) is 6. The summed E-state index contributed by atoms with van der Waals surface area (Å²) in [5.74, 6) is 2.10. The molecule has 2 aromatic rings. The van der Waals surface area contributed by atoms with Crippen LogP contribution in [0.5, 0.6) is 17.2 Å². The van der Waals surface area contributed by atoms with E-state index in [1.54, 1.807) is 6.07 Å². The van der Waals surface area contributed by atoms with E-state index in [0.29, 0.717) is 24.1 Å². The molecule has 0 aliphatic carbocycles. The fourth-order valence-corrected chi connectivity index (χ4v) is 3.66. The number of likely N-dealkylation sites (tertiary alicyclic amines) is 1. The Morgan fingerprint density at radius 1 is 1.07 bits per heavy atom. The molecular formula is C22H28N2O4. The minimum absolute atomic E-state index is 0.246. The monoisotopic (exact) mass is 384 g/mol. The van der Waals surface area contributed by atoms with Gasteiger partial charge in [0.15, 0.2) is 11.5 Å². The Kier molecular flexibility index (Phi) is 6.31. The molecular weight excluding hydrogens is 356 g/mol. The average Bonchev–Trinajstić information content (AvgIpc) is 3.20. The van der Waals surface area contributed by atoms with Crippen molar-refractivity contribution in [3.05, 3.63) is 54.1 Å². The Morgan fingerprint density at radius 2 is 1.86 bits per heavy atom. The summed E-state index contributed by atoms with van der Waals surface area (Å²) in [5.41, 5.74) is 1.37.